The van der Waals surface area contributed by atoms with Crippen LogP contribution in [0.25, 0.3) is 0 Å². The molecule has 136 valence electrons. The fourth-order valence-corrected chi connectivity index (χ4v) is 2.71. The summed E-state index contributed by atoms with van der Waals surface area (Å²) in [6, 6.07) is -0.854. The minimum absolute atomic E-state index is 0.227. The number of esters is 3. The van der Waals surface area contributed by atoms with E-state index in [4.69, 9.17) is 18.9 Å². The Hall–Kier alpha value is -1.81. The van der Waals surface area contributed by atoms with Crippen LogP contribution in [0.4, 0.5) is 0 Å². The maximum absolute atomic E-state index is 11.4. The van der Waals surface area contributed by atoms with Gasteiger partial charge in [0.05, 0.1) is 0 Å². The molecule has 1 fully saturated rings. The minimum Gasteiger partial charge on any atom is -0.463 e. The van der Waals surface area contributed by atoms with Crippen LogP contribution < -0.4 is 5.32 Å². The van der Waals surface area contributed by atoms with Crippen LogP contribution in [0.15, 0.2) is 0 Å². The number of rotatable bonds is 5. The molecule has 0 aliphatic carbocycles. The zero-order valence-electron chi connectivity index (χ0n) is 13.8. The number of hydrogen-bond donors (Lipinski definition) is 2. The van der Waals surface area contributed by atoms with E-state index >= 15 is 0 Å². The lowest BCUT2D eigenvalue weighted by molar-refractivity contribution is -0.211. The molecule has 10 heteroatoms. The van der Waals surface area contributed by atoms with Gasteiger partial charge in [0.25, 0.3) is 0 Å². The van der Waals surface area contributed by atoms with Crippen molar-refractivity contribution in [1.82, 2.24) is 5.32 Å². The fraction of sp³-hybridized carbons (Fsp3) is 0.714. The Balaban J connectivity index is 3.11. The average Bonchev–Trinajstić information content (AvgIpc) is 2.42. The number of nitrogens with one attached hydrogen (secondary N) is 1. The van der Waals surface area contributed by atoms with Gasteiger partial charge < -0.3 is 24.3 Å². The van der Waals surface area contributed by atoms with E-state index in [0.717, 1.165) is 0 Å². The molecule has 9 nitrogen and oxygen atoms in total. The molecular formula is C14H21NO8S. The van der Waals surface area contributed by atoms with Crippen LogP contribution in [0, 0.1) is 0 Å². The van der Waals surface area contributed by atoms with E-state index in [2.05, 4.69) is 17.9 Å². The third-order valence-corrected chi connectivity index (χ3v) is 3.53. The van der Waals surface area contributed by atoms with Gasteiger partial charge in [0.15, 0.2) is 12.2 Å². The van der Waals surface area contributed by atoms with E-state index in [-0.39, 0.29) is 6.61 Å². The van der Waals surface area contributed by atoms with Crippen molar-refractivity contribution in [2.75, 3.05) is 6.61 Å². The van der Waals surface area contributed by atoms with Gasteiger partial charge in [-0.15, -0.1) is 12.6 Å². The quantitative estimate of drug-likeness (QED) is 0.384. The van der Waals surface area contributed by atoms with E-state index in [0.29, 0.717) is 0 Å². The maximum Gasteiger partial charge on any atom is 0.303 e. The van der Waals surface area contributed by atoms with Crippen LogP contribution >= 0.6 is 12.6 Å². The van der Waals surface area contributed by atoms with Crippen molar-refractivity contribution < 1.29 is 38.1 Å². The fourth-order valence-electron chi connectivity index (χ4n) is 2.31. The van der Waals surface area contributed by atoms with Crippen molar-refractivity contribution in [3.8, 4) is 0 Å². The Kier molecular flexibility index (Phi) is 7.49. The smallest absolute Gasteiger partial charge is 0.303 e. The molecule has 0 bridgehead atoms. The van der Waals surface area contributed by atoms with E-state index in [1.807, 2.05) is 0 Å². The summed E-state index contributed by atoms with van der Waals surface area (Å²) in [5.41, 5.74) is -0.870. The normalized spacial score (nSPS) is 29.3. The second-order valence-electron chi connectivity index (χ2n) is 5.24. The second kappa shape index (κ2) is 8.88. The summed E-state index contributed by atoms with van der Waals surface area (Å²) in [5.74, 6) is -2.24. The van der Waals surface area contributed by atoms with Crippen LogP contribution in [-0.2, 0) is 38.1 Å². The molecule has 24 heavy (non-hydrogen) atoms. The molecule has 1 saturated heterocycles. The Bertz CT molecular complexity index is 511. The molecular weight excluding hydrogens is 342 g/mol. The topological polar surface area (TPSA) is 117 Å². The number of carbonyl (C=O) groups excluding carboxylic acids is 4. The highest BCUT2D eigenvalue weighted by molar-refractivity contribution is 7.80. The van der Waals surface area contributed by atoms with Crippen LogP contribution in [0.1, 0.15) is 27.7 Å². The zero-order chi connectivity index (χ0) is 18.4. The summed E-state index contributed by atoms with van der Waals surface area (Å²) >= 11 is 4.24. The van der Waals surface area contributed by atoms with Gasteiger partial charge in [-0.05, 0) is 0 Å². The summed E-state index contributed by atoms with van der Waals surface area (Å²) in [4.78, 5) is 45.2. The van der Waals surface area contributed by atoms with Crippen LogP contribution in [0.3, 0.4) is 0 Å². The van der Waals surface area contributed by atoms with Gasteiger partial charge in [-0.1, -0.05) is 0 Å². The van der Waals surface area contributed by atoms with Crippen LogP contribution in [0.5, 0.6) is 0 Å². The Morgan fingerprint density at radius 1 is 0.958 bits per heavy atom. The molecule has 0 radical (unpaired) electrons. The Morgan fingerprint density at radius 2 is 1.50 bits per heavy atom. The molecule has 0 aromatic rings. The van der Waals surface area contributed by atoms with Gasteiger partial charge in [-0.3, -0.25) is 19.2 Å². The molecule has 0 aromatic carbocycles. The highest BCUT2D eigenvalue weighted by atomic mass is 32.1. The molecule has 5 atom stereocenters. The number of carbonyl (C=O) groups is 4. The molecule has 0 aromatic heterocycles. The van der Waals surface area contributed by atoms with Gasteiger partial charge in [0, 0.05) is 27.7 Å². The molecule has 0 spiro atoms. The van der Waals surface area contributed by atoms with E-state index in [1.54, 1.807) is 0 Å². The Labute approximate surface area is 144 Å². The van der Waals surface area contributed by atoms with Crippen LogP contribution in [-0.4, -0.2) is 60.2 Å². The molecule has 1 aliphatic rings. The van der Waals surface area contributed by atoms with E-state index in [1.165, 1.54) is 27.7 Å². The van der Waals surface area contributed by atoms with Crippen LogP contribution in [0.2, 0.25) is 0 Å². The van der Waals surface area contributed by atoms with Gasteiger partial charge in [-0.25, -0.2) is 0 Å². The van der Waals surface area contributed by atoms with Crippen molar-refractivity contribution in [3.05, 3.63) is 0 Å². The monoisotopic (exact) mass is 363 g/mol. The van der Waals surface area contributed by atoms with Gasteiger partial charge in [0.1, 0.15) is 24.2 Å². The lowest BCUT2D eigenvalue weighted by atomic mass is 9.97. The predicted octanol–water partition coefficient (Wildman–Crippen LogP) is -0.428. The number of ether oxygens (including phenoxy) is 4. The minimum atomic E-state index is -1.08. The molecule has 1 amide bonds. The van der Waals surface area contributed by atoms with Gasteiger partial charge >= 0.3 is 17.9 Å². The zero-order valence-corrected chi connectivity index (χ0v) is 14.7. The first kappa shape index (κ1) is 20.2. The van der Waals surface area contributed by atoms with Crippen molar-refractivity contribution in [2.24, 2.45) is 0 Å². The van der Waals surface area contributed by atoms with E-state index < -0.39 is 53.6 Å². The molecule has 1 heterocycles. The number of hydrogen-bond acceptors (Lipinski definition) is 9. The van der Waals surface area contributed by atoms with Gasteiger partial charge in [0.2, 0.25) is 5.91 Å². The average molecular weight is 363 g/mol. The summed E-state index contributed by atoms with van der Waals surface area (Å²) < 4.78 is 20.9. The number of amides is 1. The summed E-state index contributed by atoms with van der Waals surface area (Å²) in [6.07, 6.45) is -3.03. The standard InChI is InChI=1S/C14H21NO8S/c1-6(16)15-11-13(22-9(4)19)12(21-8(3)18)10(23-14(11)24)5-20-7(2)17/h10-14,24H,5H2,1-4H3,(H,15,16)/t10?,11-,12-,13?,14-/m0/s1. The van der Waals surface area contributed by atoms with Crippen molar-refractivity contribution >= 4 is 36.4 Å². The van der Waals surface area contributed by atoms with Crippen molar-refractivity contribution in [2.45, 2.75) is 57.5 Å². The maximum atomic E-state index is 11.4. The molecule has 1 N–H and O–H groups in total. The third-order valence-electron chi connectivity index (χ3n) is 3.09. The summed E-state index contributed by atoms with van der Waals surface area (Å²) in [5, 5.41) is 2.56. The second-order valence-corrected chi connectivity index (χ2v) is 5.75. The van der Waals surface area contributed by atoms with E-state index in [9.17, 15) is 19.2 Å². The predicted molar refractivity (Wildman–Crippen MR) is 83.0 cm³/mol. The van der Waals surface area contributed by atoms with Crippen molar-refractivity contribution in [1.29, 1.82) is 0 Å². The molecule has 1 aliphatic heterocycles. The molecule has 1 rings (SSSR count). The molecule has 0 saturated carbocycles. The SMILES string of the molecule is CC(=O)N[C@H]1C(OC(C)=O)[C@@H](OC(C)=O)C(COC(C)=O)O[C@H]1S. The molecule has 2 unspecified atom stereocenters. The first-order valence-corrected chi connectivity index (χ1v) is 7.72. The summed E-state index contributed by atoms with van der Waals surface area (Å²) in [7, 11) is 0. The third kappa shape index (κ3) is 6.00. The highest BCUT2D eigenvalue weighted by Gasteiger charge is 2.49. The largest absolute Gasteiger partial charge is 0.463 e. The first-order chi connectivity index (χ1) is 11.1. The lowest BCUT2D eigenvalue weighted by Crippen LogP contribution is -2.64. The summed E-state index contributed by atoms with van der Waals surface area (Å²) in [6.45, 7) is 4.62. The first-order valence-electron chi connectivity index (χ1n) is 7.20. The highest BCUT2D eigenvalue weighted by Crippen LogP contribution is 2.28. The number of thiol groups is 1. The lowest BCUT2D eigenvalue weighted by Gasteiger charge is -2.43. The van der Waals surface area contributed by atoms with Gasteiger partial charge in [-0.2, -0.15) is 0 Å². The Morgan fingerprint density at radius 3 is 1.96 bits per heavy atom. The van der Waals surface area contributed by atoms with Crippen molar-refractivity contribution in [3.63, 3.8) is 0 Å².